The first-order valence-electron chi connectivity index (χ1n) is 15.4. The Morgan fingerprint density at radius 3 is 1.98 bits per heavy atom. The maximum atomic E-state index is 6.72. The summed E-state index contributed by atoms with van der Waals surface area (Å²) in [6, 6.07) is 28.4. The number of rotatable bonds is 7. The predicted molar refractivity (Wildman–Crippen MR) is 190 cm³/mol. The summed E-state index contributed by atoms with van der Waals surface area (Å²) >= 11 is 10.4. The van der Waals surface area contributed by atoms with Gasteiger partial charge in [0.15, 0.2) is 0 Å². The molecule has 0 aromatic heterocycles. The van der Waals surface area contributed by atoms with E-state index in [0.29, 0.717) is 5.92 Å². The van der Waals surface area contributed by atoms with Crippen LogP contribution in [0.25, 0.3) is 23.3 Å². The molecule has 0 spiro atoms. The molecular formula is C41H38Cl4Zr. The maximum absolute atomic E-state index is 6.72. The zero-order valence-corrected chi connectivity index (χ0v) is 32.2. The molecule has 1 unspecified atom stereocenters. The van der Waals surface area contributed by atoms with Gasteiger partial charge in [-0.3, -0.25) is 0 Å². The van der Waals surface area contributed by atoms with Gasteiger partial charge in [0, 0.05) is 0 Å². The van der Waals surface area contributed by atoms with Gasteiger partial charge in [-0.2, -0.15) is 0 Å². The quantitative estimate of drug-likeness (QED) is 0.212. The molecule has 0 N–H and O–H groups in total. The molecule has 0 amide bonds. The molecule has 0 nitrogen and oxygen atoms in total. The molecule has 5 heteroatoms. The number of halogens is 4. The third-order valence-corrected chi connectivity index (χ3v) is 17.2. The van der Waals surface area contributed by atoms with Gasteiger partial charge in [0.2, 0.25) is 0 Å². The Kier molecular flexibility index (Phi) is 11.8. The summed E-state index contributed by atoms with van der Waals surface area (Å²) in [7, 11) is 0. The van der Waals surface area contributed by atoms with Crippen molar-refractivity contribution in [3.8, 4) is 11.1 Å². The fraction of sp³-hybridized carbons (Fsp3) is 0.195. The number of fused-ring (bicyclic) bond motifs is 3. The molecule has 0 aliphatic heterocycles. The Balaban J connectivity index is 0.00000240. The topological polar surface area (TPSA) is 0 Å². The number of hydrogen-bond donors (Lipinski definition) is 0. The minimum atomic E-state index is -3.01. The van der Waals surface area contributed by atoms with Crippen LogP contribution in [0.2, 0.25) is 10.0 Å². The first-order valence-corrected chi connectivity index (χ1v) is 19.8. The first-order chi connectivity index (χ1) is 21.1. The minimum Gasteiger partial charge on any atom is -1.00 e. The first kappa shape index (κ1) is 36.6. The van der Waals surface area contributed by atoms with Crippen molar-refractivity contribution >= 4 is 41.8 Å². The smallest absolute Gasteiger partial charge is 1.00 e. The Bertz CT molecular complexity index is 1870. The van der Waals surface area contributed by atoms with Crippen LogP contribution in [-0.2, 0) is 27.7 Å². The number of benzene rings is 4. The van der Waals surface area contributed by atoms with E-state index in [0.717, 1.165) is 28.5 Å². The van der Waals surface area contributed by atoms with Crippen LogP contribution in [0, 0.1) is 11.3 Å². The summed E-state index contributed by atoms with van der Waals surface area (Å²) in [6.45, 7) is 17.6. The second kappa shape index (κ2) is 14.9. The Morgan fingerprint density at radius 1 is 0.826 bits per heavy atom. The van der Waals surface area contributed by atoms with E-state index in [1.165, 1.54) is 51.0 Å². The second-order valence-electron chi connectivity index (χ2n) is 12.9. The summed E-state index contributed by atoms with van der Waals surface area (Å²) in [6.07, 6.45) is 11.1. The maximum Gasteiger partial charge on any atom is -1.00 e. The fourth-order valence-corrected chi connectivity index (χ4v) is 15.8. The summed E-state index contributed by atoms with van der Waals surface area (Å²) < 4.78 is 4.54. The van der Waals surface area contributed by atoms with Crippen LogP contribution >= 0.6 is 23.2 Å². The van der Waals surface area contributed by atoms with Gasteiger partial charge in [-0.05, 0) is 0 Å². The van der Waals surface area contributed by atoms with Crippen LogP contribution in [-0.4, -0.2) is 3.21 Å². The molecule has 4 aromatic rings. The van der Waals surface area contributed by atoms with Crippen molar-refractivity contribution in [3.05, 3.63) is 156 Å². The van der Waals surface area contributed by atoms with E-state index >= 15 is 0 Å². The molecule has 0 fully saturated rings. The fourth-order valence-electron chi connectivity index (χ4n) is 6.65. The van der Waals surface area contributed by atoms with Gasteiger partial charge in [-0.25, -0.2) is 0 Å². The third kappa shape index (κ3) is 7.11. The van der Waals surface area contributed by atoms with Crippen LogP contribution in [0.3, 0.4) is 0 Å². The molecule has 234 valence electrons. The molecular weight excluding hydrogens is 725 g/mol. The standard InChI is InChI=1S/C17H13.C13H8Cl2.C11H17.2ClH.Zr/c1-3-12-5-7-14-11-15-8-6-13(4-2)10-17(15)16(14)9-12;14-12-5-1-3-10(8-12)7-11-4-2-6-13(15)9-11;1-5-9-6-7-10(8-9)11(2,3)4;;;/h3-7,9-10H,1-2,11H2;1-6,8-9H;7-9H,5H2,1-4H3;2*1H;/q;;;;;+2/p-2. The molecule has 4 aromatic carbocycles. The molecule has 2 aliphatic carbocycles. The SMILES string of the molecule is C=Cc1ccc2c(c1)-c1cc(C=C)c[c]([Zr+2]([C]3=CC(C(C)(C)C)=CC3CC)=[C](c3cccc(Cl)c3)c3cccc(Cl)c3)c1C2.[Cl-].[Cl-]. The second-order valence-corrected chi connectivity index (χ2v) is 19.5. The van der Waals surface area contributed by atoms with E-state index in [4.69, 9.17) is 23.2 Å². The van der Waals surface area contributed by atoms with E-state index in [1.807, 2.05) is 24.3 Å². The molecule has 0 radical (unpaired) electrons. The molecule has 0 bridgehead atoms. The summed E-state index contributed by atoms with van der Waals surface area (Å²) in [4.78, 5) is 0. The van der Waals surface area contributed by atoms with E-state index < -0.39 is 21.3 Å². The van der Waals surface area contributed by atoms with Crippen molar-refractivity contribution < 1.29 is 46.1 Å². The average molecular weight is 764 g/mol. The van der Waals surface area contributed by atoms with Gasteiger partial charge in [0.25, 0.3) is 0 Å². The monoisotopic (exact) mass is 760 g/mol. The zero-order valence-electron chi connectivity index (χ0n) is 26.7. The van der Waals surface area contributed by atoms with Gasteiger partial charge >= 0.3 is 283 Å². The molecule has 0 saturated carbocycles. The zero-order chi connectivity index (χ0) is 31.2. The number of allylic oxidation sites excluding steroid dienone is 4. The summed E-state index contributed by atoms with van der Waals surface area (Å²) in [5.74, 6) is 0.395. The largest absolute Gasteiger partial charge is 1.00 e. The Hall–Kier alpha value is -2.25. The van der Waals surface area contributed by atoms with Crippen molar-refractivity contribution in [1.29, 1.82) is 0 Å². The predicted octanol–water partition coefficient (Wildman–Crippen LogP) is 5.27. The van der Waals surface area contributed by atoms with Crippen molar-refractivity contribution in [2.24, 2.45) is 11.3 Å². The van der Waals surface area contributed by atoms with Crippen molar-refractivity contribution in [1.82, 2.24) is 0 Å². The van der Waals surface area contributed by atoms with E-state index in [-0.39, 0.29) is 30.2 Å². The van der Waals surface area contributed by atoms with Gasteiger partial charge < -0.3 is 24.8 Å². The van der Waals surface area contributed by atoms with Gasteiger partial charge in [0.05, 0.1) is 0 Å². The molecule has 2 aliphatic rings. The molecule has 1 atom stereocenters. The van der Waals surface area contributed by atoms with Crippen LogP contribution in [0.5, 0.6) is 0 Å². The van der Waals surface area contributed by atoms with Crippen LogP contribution in [0.15, 0.2) is 113 Å². The molecule has 0 heterocycles. The van der Waals surface area contributed by atoms with Crippen LogP contribution < -0.4 is 28.1 Å². The van der Waals surface area contributed by atoms with Crippen molar-refractivity contribution in [2.75, 3.05) is 0 Å². The molecule has 46 heavy (non-hydrogen) atoms. The van der Waals surface area contributed by atoms with Crippen LogP contribution in [0.4, 0.5) is 0 Å². The van der Waals surface area contributed by atoms with Gasteiger partial charge in [-0.15, -0.1) is 0 Å². The normalized spacial score (nSPS) is 14.4. The van der Waals surface area contributed by atoms with Crippen molar-refractivity contribution in [3.63, 3.8) is 0 Å². The average Bonchev–Trinajstić information content (AvgIpc) is 3.61. The van der Waals surface area contributed by atoms with Gasteiger partial charge in [0.1, 0.15) is 0 Å². The Morgan fingerprint density at radius 2 is 1.43 bits per heavy atom. The van der Waals surface area contributed by atoms with Crippen molar-refractivity contribution in [2.45, 2.75) is 40.5 Å². The Labute approximate surface area is 304 Å². The van der Waals surface area contributed by atoms with E-state index in [1.54, 1.807) is 3.28 Å². The molecule has 6 rings (SSSR count). The van der Waals surface area contributed by atoms with E-state index in [2.05, 4.69) is 120 Å². The number of hydrogen-bond acceptors (Lipinski definition) is 0. The van der Waals surface area contributed by atoms with Crippen LogP contribution in [0.1, 0.15) is 67.5 Å². The minimum absolute atomic E-state index is 0. The van der Waals surface area contributed by atoms with E-state index in [9.17, 15) is 0 Å². The molecule has 0 saturated heterocycles. The summed E-state index contributed by atoms with van der Waals surface area (Å²) in [5, 5.41) is 1.50. The van der Waals surface area contributed by atoms with Gasteiger partial charge in [-0.1, -0.05) is 0 Å². The third-order valence-electron chi connectivity index (χ3n) is 8.97. The summed E-state index contributed by atoms with van der Waals surface area (Å²) in [5.41, 5.74) is 11.7.